The highest BCUT2D eigenvalue weighted by molar-refractivity contribution is 5.73. The predicted octanol–water partition coefficient (Wildman–Crippen LogP) is 2.98. The van der Waals surface area contributed by atoms with E-state index in [0.717, 1.165) is 6.07 Å². The number of carbonyl (C=O) groups is 1. The fourth-order valence-corrected chi connectivity index (χ4v) is 1.90. The molecule has 0 radical (unpaired) electrons. The number of halogens is 3. The van der Waals surface area contributed by atoms with Crippen molar-refractivity contribution in [3.8, 4) is 11.3 Å². The average molecular weight is 296 g/mol. The molecule has 21 heavy (non-hydrogen) atoms. The summed E-state index contributed by atoms with van der Waals surface area (Å²) in [5.74, 6) is -1.16. The third-order valence-corrected chi connectivity index (χ3v) is 2.84. The monoisotopic (exact) mass is 296 g/mol. The van der Waals surface area contributed by atoms with Crippen molar-refractivity contribution in [3.05, 3.63) is 47.7 Å². The number of benzene rings is 1. The van der Waals surface area contributed by atoms with Crippen LogP contribution in [-0.2, 0) is 17.4 Å². The Kier molecular flexibility index (Phi) is 3.84. The highest BCUT2D eigenvalue weighted by Crippen LogP contribution is 2.36. The van der Waals surface area contributed by atoms with E-state index in [2.05, 4.69) is 4.98 Å². The van der Waals surface area contributed by atoms with Crippen molar-refractivity contribution in [2.75, 3.05) is 5.73 Å². The van der Waals surface area contributed by atoms with Crippen LogP contribution in [0, 0.1) is 0 Å². The van der Waals surface area contributed by atoms with E-state index in [9.17, 15) is 18.0 Å². The van der Waals surface area contributed by atoms with Gasteiger partial charge in [-0.15, -0.1) is 0 Å². The number of aromatic nitrogens is 1. The summed E-state index contributed by atoms with van der Waals surface area (Å²) in [7, 11) is 0. The van der Waals surface area contributed by atoms with E-state index in [4.69, 9.17) is 10.8 Å². The van der Waals surface area contributed by atoms with Gasteiger partial charge in [0.05, 0.1) is 29.1 Å². The molecule has 0 unspecified atom stereocenters. The Morgan fingerprint density at radius 1 is 1.19 bits per heavy atom. The summed E-state index contributed by atoms with van der Waals surface area (Å²) >= 11 is 0. The summed E-state index contributed by atoms with van der Waals surface area (Å²) in [6.07, 6.45) is -4.97. The fourth-order valence-electron chi connectivity index (χ4n) is 1.90. The Bertz CT molecular complexity index is 684. The lowest BCUT2D eigenvalue weighted by atomic mass is 10.0. The lowest BCUT2D eigenvalue weighted by molar-refractivity contribution is -0.137. The molecular weight excluding hydrogens is 285 g/mol. The minimum absolute atomic E-state index is 0.0355. The van der Waals surface area contributed by atoms with Crippen LogP contribution in [0.2, 0.25) is 0 Å². The van der Waals surface area contributed by atoms with E-state index in [1.807, 2.05) is 0 Å². The van der Waals surface area contributed by atoms with Gasteiger partial charge in [-0.2, -0.15) is 13.2 Å². The normalized spacial score (nSPS) is 11.4. The second-order valence-corrected chi connectivity index (χ2v) is 4.35. The summed E-state index contributed by atoms with van der Waals surface area (Å²) in [6, 6.07) is 7.66. The Morgan fingerprint density at radius 2 is 1.86 bits per heavy atom. The predicted molar refractivity (Wildman–Crippen MR) is 70.4 cm³/mol. The first-order valence-electron chi connectivity index (χ1n) is 5.93. The third-order valence-electron chi connectivity index (χ3n) is 2.84. The number of carboxylic acids is 1. The van der Waals surface area contributed by atoms with Crippen molar-refractivity contribution in [1.29, 1.82) is 0 Å². The number of nitrogens with zero attached hydrogens (tertiary/aromatic N) is 1. The van der Waals surface area contributed by atoms with Crippen molar-refractivity contribution in [2.45, 2.75) is 12.6 Å². The Morgan fingerprint density at radius 3 is 2.48 bits per heavy atom. The number of pyridine rings is 1. The number of anilines is 1. The van der Waals surface area contributed by atoms with Gasteiger partial charge in [0.25, 0.3) is 0 Å². The Labute approximate surface area is 118 Å². The summed E-state index contributed by atoms with van der Waals surface area (Å²) in [4.78, 5) is 14.7. The third kappa shape index (κ3) is 3.31. The van der Waals surface area contributed by atoms with Crippen molar-refractivity contribution >= 4 is 11.7 Å². The zero-order valence-electron chi connectivity index (χ0n) is 10.7. The van der Waals surface area contributed by atoms with Gasteiger partial charge in [-0.3, -0.25) is 9.78 Å². The standard InChI is InChI=1S/C14H11F3N2O2/c15-14(16,17)9-4-2-1-3-8(9)11-6-5-10(18)12(19-11)7-13(20)21/h1-6H,7,18H2,(H,20,21). The van der Waals surface area contributed by atoms with Crippen molar-refractivity contribution in [3.63, 3.8) is 0 Å². The number of carboxylic acid groups (broad SMARTS) is 1. The zero-order valence-corrected chi connectivity index (χ0v) is 10.7. The number of alkyl halides is 3. The van der Waals surface area contributed by atoms with Gasteiger partial charge in [-0.25, -0.2) is 0 Å². The molecule has 1 aromatic heterocycles. The molecule has 0 atom stereocenters. The Balaban J connectivity index is 2.55. The van der Waals surface area contributed by atoms with Crippen LogP contribution in [0.15, 0.2) is 36.4 Å². The molecule has 0 amide bonds. The molecule has 0 aliphatic rings. The number of aliphatic carboxylic acids is 1. The molecule has 110 valence electrons. The van der Waals surface area contributed by atoms with Crippen LogP contribution >= 0.6 is 0 Å². The van der Waals surface area contributed by atoms with Gasteiger partial charge in [0.15, 0.2) is 0 Å². The van der Waals surface area contributed by atoms with Crippen molar-refractivity contribution in [1.82, 2.24) is 4.98 Å². The average Bonchev–Trinajstić information content (AvgIpc) is 2.40. The number of rotatable bonds is 3. The Hall–Kier alpha value is -2.57. The fraction of sp³-hybridized carbons (Fsp3) is 0.143. The summed E-state index contributed by atoms with van der Waals surface area (Å²) < 4.78 is 38.9. The molecule has 1 heterocycles. The van der Waals surface area contributed by atoms with E-state index in [0.29, 0.717) is 0 Å². The van der Waals surface area contributed by atoms with Gasteiger partial charge in [-0.05, 0) is 18.2 Å². The molecule has 0 saturated carbocycles. The summed E-state index contributed by atoms with van der Waals surface area (Å²) in [6.45, 7) is 0. The largest absolute Gasteiger partial charge is 0.481 e. The lowest BCUT2D eigenvalue weighted by Crippen LogP contribution is -2.09. The van der Waals surface area contributed by atoms with Crippen LogP contribution in [-0.4, -0.2) is 16.1 Å². The molecule has 0 fully saturated rings. The van der Waals surface area contributed by atoms with Gasteiger partial charge >= 0.3 is 12.1 Å². The molecule has 7 heteroatoms. The first-order valence-corrected chi connectivity index (χ1v) is 5.93. The van der Waals surface area contributed by atoms with Gasteiger partial charge in [-0.1, -0.05) is 18.2 Å². The quantitative estimate of drug-likeness (QED) is 0.913. The lowest BCUT2D eigenvalue weighted by Gasteiger charge is -2.13. The number of nitrogen functional groups attached to an aromatic ring is 1. The van der Waals surface area contributed by atoms with Crippen LogP contribution in [0.1, 0.15) is 11.3 Å². The minimum Gasteiger partial charge on any atom is -0.481 e. The molecule has 0 spiro atoms. The molecule has 1 aromatic carbocycles. The first-order chi connectivity index (χ1) is 9.79. The molecular formula is C14H11F3N2O2. The van der Waals surface area contributed by atoms with Crippen LogP contribution in [0.25, 0.3) is 11.3 Å². The maximum absolute atomic E-state index is 13.0. The molecule has 0 aliphatic carbocycles. The SMILES string of the molecule is Nc1ccc(-c2ccccc2C(F)(F)F)nc1CC(=O)O. The molecule has 3 N–H and O–H groups in total. The molecule has 4 nitrogen and oxygen atoms in total. The number of nitrogens with two attached hydrogens (primary N) is 1. The smallest absolute Gasteiger partial charge is 0.417 e. The molecule has 0 aliphatic heterocycles. The maximum atomic E-state index is 13.0. The van der Waals surface area contributed by atoms with Crippen LogP contribution < -0.4 is 5.73 Å². The number of hydrogen-bond acceptors (Lipinski definition) is 3. The van der Waals surface area contributed by atoms with E-state index in [-0.39, 0.29) is 22.6 Å². The van der Waals surface area contributed by atoms with E-state index in [1.54, 1.807) is 0 Å². The van der Waals surface area contributed by atoms with Gasteiger partial charge in [0.1, 0.15) is 0 Å². The van der Waals surface area contributed by atoms with Crippen LogP contribution in [0.4, 0.5) is 18.9 Å². The van der Waals surface area contributed by atoms with Gasteiger partial charge in [0, 0.05) is 5.56 Å². The molecule has 0 saturated heterocycles. The van der Waals surface area contributed by atoms with Crippen LogP contribution in [0.5, 0.6) is 0 Å². The summed E-state index contributed by atoms with van der Waals surface area (Å²) in [5, 5.41) is 8.76. The minimum atomic E-state index is -4.52. The topological polar surface area (TPSA) is 76.2 Å². The van der Waals surface area contributed by atoms with Crippen LogP contribution in [0.3, 0.4) is 0 Å². The maximum Gasteiger partial charge on any atom is 0.417 e. The van der Waals surface area contributed by atoms with Crippen molar-refractivity contribution in [2.24, 2.45) is 0 Å². The highest BCUT2D eigenvalue weighted by Gasteiger charge is 2.33. The second-order valence-electron chi connectivity index (χ2n) is 4.35. The van der Waals surface area contributed by atoms with E-state index < -0.39 is 24.1 Å². The number of hydrogen-bond donors (Lipinski definition) is 2. The molecule has 2 aromatic rings. The highest BCUT2D eigenvalue weighted by atomic mass is 19.4. The second kappa shape index (κ2) is 5.43. The van der Waals surface area contributed by atoms with E-state index >= 15 is 0 Å². The molecule has 2 rings (SSSR count). The summed E-state index contributed by atoms with van der Waals surface area (Å²) in [5.41, 5.74) is 4.85. The zero-order chi connectivity index (χ0) is 15.6. The van der Waals surface area contributed by atoms with Gasteiger partial charge < -0.3 is 10.8 Å². The van der Waals surface area contributed by atoms with E-state index in [1.165, 1.54) is 30.3 Å². The first kappa shape index (κ1) is 14.8. The molecule has 0 bridgehead atoms. The van der Waals surface area contributed by atoms with Crippen molar-refractivity contribution < 1.29 is 23.1 Å². The van der Waals surface area contributed by atoms with Gasteiger partial charge in [0.2, 0.25) is 0 Å².